The summed E-state index contributed by atoms with van der Waals surface area (Å²) in [6.45, 7) is 4.07. The van der Waals surface area contributed by atoms with Gasteiger partial charge in [0.25, 0.3) is 5.91 Å². The normalized spacial score (nSPS) is 10.9. The van der Waals surface area contributed by atoms with Crippen LogP contribution in [0.3, 0.4) is 0 Å². The standard InChI is InChI=1S/C33H34ClN2O/c1-2-3-4-6-25-9-11-28(12-10-25)24-36-33(37)31-8-5-7-30(21-31)29-17-13-26(14-18-29)22-35-23-27-15-19-32(34)20-16-27/h5,7-21H,2-4,6,22-24H2,1H3,(H,36,37). The van der Waals surface area contributed by atoms with Gasteiger partial charge in [0.2, 0.25) is 0 Å². The van der Waals surface area contributed by atoms with Gasteiger partial charge in [-0.3, -0.25) is 4.79 Å². The van der Waals surface area contributed by atoms with Crippen LogP contribution in [0.2, 0.25) is 5.02 Å². The van der Waals surface area contributed by atoms with Crippen LogP contribution in [-0.2, 0) is 26.1 Å². The van der Waals surface area contributed by atoms with E-state index in [0.29, 0.717) is 25.2 Å². The van der Waals surface area contributed by atoms with Crippen molar-refractivity contribution in [3.05, 3.63) is 130 Å². The summed E-state index contributed by atoms with van der Waals surface area (Å²) in [5.41, 5.74) is 7.54. The van der Waals surface area contributed by atoms with Gasteiger partial charge < -0.3 is 5.32 Å². The molecule has 1 radical (unpaired) electrons. The highest BCUT2D eigenvalue weighted by molar-refractivity contribution is 6.30. The number of hydrogen-bond donors (Lipinski definition) is 1. The maximum atomic E-state index is 12.8. The number of carbonyl (C=O) groups excluding carboxylic acids is 1. The number of carbonyl (C=O) groups is 1. The first-order valence-corrected chi connectivity index (χ1v) is 13.4. The second kappa shape index (κ2) is 13.8. The van der Waals surface area contributed by atoms with Gasteiger partial charge in [-0.1, -0.05) is 104 Å². The first-order valence-electron chi connectivity index (χ1n) is 13.0. The smallest absolute Gasteiger partial charge is 0.251 e. The summed E-state index contributed by atoms with van der Waals surface area (Å²) in [5, 5.41) is 8.45. The SMILES string of the molecule is CCCCCc1ccc(CNC(=O)c2cccc(-c3ccc(C[N]Cc4ccc(Cl)cc4)cc3)c2)cc1. The zero-order valence-corrected chi connectivity index (χ0v) is 22.2. The van der Waals surface area contributed by atoms with Gasteiger partial charge in [-0.05, 0) is 70.5 Å². The molecule has 0 aliphatic rings. The lowest BCUT2D eigenvalue weighted by atomic mass is 10.0. The number of aryl methyl sites for hydroxylation is 1. The predicted octanol–water partition coefficient (Wildman–Crippen LogP) is 7.97. The van der Waals surface area contributed by atoms with Gasteiger partial charge >= 0.3 is 0 Å². The van der Waals surface area contributed by atoms with Crippen molar-refractivity contribution in [1.82, 2.24) is 10.6 Å². The molecule has 4 aromatic rings. The van der Waals surface area contributed by atoms with Crippen LogP contribution >= 0.6 is 11.6 Å². The van der Waals surface area contributed by atoms with E-state index in [1.54, 1.807) is 0 Å². The summed E-state index contributed by atoms with van der Waals surface area (Å²) >= 11 is 5.94. The van der Waals surface area contributed by atoms with Crippen molar-refractivity contribution in [1.29, 1.82) is 0 Å². The van der Waals surface area contributed by atoms with Gasteiger partial charge in [0.15, 0.2) is 0 Å². The Balaban J connectivity index is 1.28. The lowest BCUT2D eigenvalue weighted by Gasteiger charge is -2.09. The van der Waals surface area contributed by atoms with Crippen LogP contribution in [0.1, 0.15) is 58.8 Å². The third-order valence-electron chi connectivity index (χ3n) is 6.46. The molecule has 37 heavy (non-hydrogen) atoms. The monoisotopic (exact) mass is 509 g/mol. The number of benzene rings is 4. The summed E-state index contributed by atoms with van der Waals surface area (Å²) in [7, 11) is 0. The lowest BCUT2D eigenvalue weighted by Crippen LogP contribution is -2.22. The van der Waals surface area contributed by atoms with Gasteiger partial charge in [-0.25, -0.2) is 5.32 Å². The van der Waals surface area contributed by atoms with E-state index in [1.807, 2.05) is 48.5 Å². The Morgan fingerprint density at radius 3 is 2.03 bits per heavy atom. The molecule has 1 N–H and O–H groups in total. The minimum atomic E-state index is -0.0634. The topological polar surface area (TPSA) is 43.2 Å². The lowest BCUT2D eigenvalue weighted by molar-refractivity contribution is 0.0951. The maximum absolute atomic E-state index is 12.8. The molecular formula is C33H34ClN2O. The molecule has 0 aromatic heterocycles. The highest BCUT2D eigenvalue weighted by Gasteiger charge is 2.08. The van der Waals surface area contributed by atoms with Gasteiger partial charge in [-0.15, -0.1) is 0 Å². The molecule has 4 heteroatoms. The summed E-state index contributed by atoms with van der Waals surface area (Å²) in [4.78, 5) is 12.8. The van der Waals surface area contributed by atoms with E-state index in [2.05, 4.69) is 66.1 Å². The van der Waals surface area contributed by atoms with E-state index in [0.717, 1.165) is 39.3 Å². The van der Waals surface area contributed by atoms with E-state index in [1.165, 1.54) is 24.8 Å². The summed E-state index contributed by atoms with van der Waals surface area (Å²) in [6.07, 6.45) is 4.85. The largest absolute Gasteiger partial charge is 0.348 e. The van der Waals surface area contributed by atoms with Crippen molar-refractivity contribution in [3.8, 4) is 11.1 Å². The Morgan fingerprint density at radius 1 is 0.730 bits per heavy atom. The Morgan fingerprint density at radius 2 is 1.35 bits per heavy atom. The van der Waals surface area contributed by atoms with Gasteiger partial charge in [0.1, 0.15) is 0 Å². The molecule has 1 amide bonds. The van der Waals surface area contributed by atoms with Crippen LogP contribution in [0.25, 0.3) is 11.1 Å². The second-order valence-corrected chi connectivity index (χ2v) is 9.84. The number of amides is 1. The van der Waals surface area contributed by atoms with Crippen LogP contribution in [0.15, 0.2) is 97.1 Å². The van der Waals surface area contributed by atoms with Crippen molar-refractivity contribution in [3.63, 3.8) is 0 Å². The Hall–Kier alpha value is -3.40. The molecule has 0 saturated heterocycles. The zero-order valence-electron chi connectivity index (χ0n) is 21.4. The minimum absolute atomic E-state index is 0.0634. The quantitative estimate of drug-likeness (QED) is 0.193. The Kier molecular flexibility index (Phi) is 9.93. The fourth-order valence-electron chi connectivity index (χ4n) is 4.23. The first kappa shape index (κ1) is 26.7. The third kappa shape index (κ3) is 8.31. The molecule has 0 heterocycles. The molecule has 189 valence electrons. The molecule has 0 atom stereocenters. The van der Waals surface area contributed by atoms with Crippen molar-refractivity contribution in [2.45, 2.75) is 52.2 Å². The average Bonchev–Trinajstić information content (AvgIpc) is 2.94. The molecular weight excluding hydrogens is 476 g/mol. The van der Waals surface area contributed by atoms with Crippen LogP contribution in [0, 0.1) is 0 Å². The summed E-state index contributed by atoms with van der Waals surface area (Å²) < 4.78 is 0. The van der Waals surface area contributed by atoms with Crippen molar-refractivity contribution >= 4 is 17.5 Å². The number of rotatable bonds is 12. The minimum Gasteiger partial charge on any atom is -0.348 e. The van der Waals surface area contributed by atoms with Crippen molar-refractivity contribution in [2.75, 3.05) is 0 Å². The number of halogens is 1. The van der Waals surface area contributed by atoms with Gasteiger partial charge in [-0.2, -0.15) is 0 Å². The molecule has 0 aliphatic heterocycles. The van der Waals surface area contributed by atoms with E-state index in [-0.39, 0.29) is 5.91 Å². The Labute approximate surface area is 225 Å². The van der Waals surface area contributed by atoms with Crippen LogP contribution in [0.4, 0.5) is 0 Å². The molecule has 0 saturated carbocycles. The average molecular weight is 510 g/mol. The van der Waals surface area contributed by atoms with E-state index >= 15 is 0 Å². The zero-order chi connectivity index (χ0) is 25.9. The molecule has 0 unspecified atom stereocenters. The van der Waals surface area contributed by atoms with Gasteiger partial charge in [0.05, 0.1) is 0 Å². The maximum Gasteiger partial charge on any atom is 0.251 e. The fraction of sp³-hybridized carbons (Fsp3) is 0.242. The number of nitrogens with zero attached hydrogens (tertiary/aromatic N) is 1. The second-order valence-electron chi connectivity index (χ2n) is 9.40. The molecule has 3 nitrogen and oxygen atoms in total. The van der Waals surface area contributed by atoms with E-state index in [4.69, 9.17) is 11.6 Å². The summed E-state index contributed by atoms with van der Waals surface area (Å²) in [5.74, 6) is -0.0634. The van der Waals surface area contributed by atoms with Crippen molar-refractivity contribution in [2.24, 2.45) is 0 Å². The number of hydrogen-bond acceptors (Lipinski definition) is 1. The molecule has 4 rings (SSSR count). The van der Waals surface area contributed by atoms with Crippen LogP contribution in [-0.4, -0.2) is 5.91 Å². The van der Waals surface area contributed by atoms with Crippen molar-refractivity contribution < 1.29 is 4.79 Å². The van der Waals surface area contributed by atoms with E-state index in [9.17, 15) is 4.79 Å². The molecule has 0 spiro atoms. The third-order valence-corrected chi connectivity index (χ3v) is 6.71. The van der Waals surface area contributed by atoms with Crippen LogP contribution < -0.4 is 10.6 Å². The fourth-order valence-corrected chi connectivity index (χ4v) is 4.36. The highest BCUT2D eigenvalue weighted by Crippen LogP contribution is 2.21. The molecule has 0 fully saturated rings. The number of unbranched alkanes of at least 4 members (excludes halogenated alkanes) is 2. The van der Waals surface area contributed by atoms with E-state index < -0.39 is 0 Å². The molecule has 0 aliphatic carbocycles. The Bertz CT molecular complexity index is 1270. The first-order chi connectivity index (χ1) is 18.1. The van der Waals surface area contributed by atoms with Crippen LogP contribution in [0.5, 0.6) is 0 Å². The number of nitrogens with one attached hydrogen (secondary N) is 1. The predicted molar refractivity (Wildman–Crippen MR) is 154 cm³/mol. The molecule has 0 bridgehead atoms. The highest BCUT2D eigenvalue weighted by atomic mass is 35.5. The van der Waals surface area contributed by atoms with Gasteiger partial charge in [0, 0.05) is 30.2 Å². The summed E-state index contributed by atoms with van der Waals surface area (Å²) in [6, 6.07) is 32.5. The molecule has 4 aromatic carbocycles.